The SMILES string of the molecule is Cc1cc(-c2ccncc2)c(C#N)c(=S)[nH]1. The van der Waals surface area contributed by atoms with Gasteiger partial charge in [-0.1, -0.05) is 12.2 Å². The molecule has 0 amide bonds. The van der Waals surface area contributed by atoms with Gasteiger partial charge in [0.2, 0.25) is 0 Å². The van der Waals surface area contributed by atoms with Crippen molar-refractivity contribution in [2.24, 2.45) is 0 Å². The van der Waals surface area contributed by atoms with E-state index in [0.29, 0.717) is 10.2 Å². The summed E-state index contributed by atoms with van der Waals surface area (Å²) in [5.41, 5.74) is 3.25. The first-order valence-electron chi connectivity index (χ1n) is 4.77. The number of aromatic nitrogens is 2. The maximum absolute atomic E-state index is 9.10. The third-order valence-corrected chi connectivity index (χ3v) is 2.58. The van der Waals surface area contributed by atoms with Gasteiger partial charge in [0.1, 0.15) is 10.7 Å². The van der Waals surface area contributed by atoms with Gasteiger partial charge in [-0.3, -0.25) is 4.98 Å². The fraction of sp³-hybridized carbons (Fsp3) is 0.0833. The third-order valence-electron chi connectivity index (χ3n) is 2.27. The van der Waals surface area contributed by atoms with Gasteiger partial charge in [0.15, 0.2) is 0 Å². The number of nitrogens with one attached hydrogen (secondary N) is 1. The Morgan fingerprint density at radius 1 is 1.38 bits per heavy atom. The van der Waals surface area contributed by atoms with Gasteiger partial charge in [0.05, 0.1) is 5.56 Å². The molecule has 0 aliphatic heterocycles. The minimum Gasteiger partial charge on any atom is -0.349 e. The maximum Gasteiger partial charge on any atom is 0.122 e. The highest BCUT2D eigenvalue weighted by atomic mass is 32.1. The van der Waals surface area contributed by atoms with E-state index < -0.39 is 0 Å². The van der Waals surface area contributed by atoms with E-state index in [1.807, 2.05) is 25.1 Å². The molecule has 0 aliphatic rings. The zero-order chi connectivity index (χ0) is 11.5. The molecule has 1 N–H and O–H groups in total. The van der Waals surface area contributed by atoms with E-state index in [0.717, 1.165) is 16.8 Å². The number of rotatable bonds is 1. The molecule has 2 rings (SSSR count). The number of nitrogens with zero attached hydrogens (tertiary/aromatic N) is 2. The van der Waals surface area contributed by atoms with Crippen molar-refractivity contribution in [1.82, 2.24) is 9.97 Å². The predicted molar refractivity (Wildman–Crippen MR) is 64.3 cm³/mol. The fourth-order valence-electron chi connectivity index (χ4n) is 1.56. The number of nitriles is 1. The van der Waals surface area contributed by atoms with Crippen molar-refractivity contribution in [3.63, 3.8) is 0 Å². The lowest BCUT2D eigenvalue weighted by molar-refractivity contribution is 1.17. The van der Waals surface area contributed by atoms with E-state index in [-0.39, 0.29) is 0 Å². The molecule has 2 aromatic rings. The second-order valence-corrected chi connectivity index (χ2v) is 3.83. The highest BCUT2D eigenvalue weighted by molar-refractivity contribution is 7.71. The Bertz CT molecular complexity index is 608. The van der Waals surface area contributed by atoms with Crippen LogP contribution in [0.3, 0.4) is 0 Å². The maximum atomic E-state index is 9.10. The molecule has 0 bridgehead atoms. The minimum atomic E-state index is 0.481. The molecule has 0 unspecified atom stereocenters. The van der Waals surface area contributed by atoms with Crippen LogP contribution in [0.1, 0.15) is 11.3 Å². The van der Waals surface area contributed by atoms with Crippen LogP contribution in [-0.4, -0.2) is 9.97 Å². The second-order valence-electron chi connectivity index (χ2n) is 3.42. The monoisotopic (exact) mass is 227 g/mol. The molecule has 0 radical (unpaired) electrons. The lowest BCUT2D eigenvalue weighted by Crippen LogP contribution is -1.91. The van der Waals surface area contributed by atoms with Crippen molar-refractivity contribution in [2.75, 3.05) is 0 Å². The first kappa shape index (κ1) is 10.5. The zero-order valence-corrected chi connectivity index (χ0v) is 9.51. The van der Waals surface area contributed by atoms with Crippen LogP contribution in [0, 0.1) is 22.9 Å². The van der Waals surface area contributed by atoms with Gasteiger partial charge in [-0.25, -0.2) is 0 Å². The molecule has 78 valence electrons. The normalized spacial score (nSPS) is 9.75. The van der Waals surface area contributed by atoms with Crippen LogP contribution in [0.2, 0.25) is 0 Å². The van der Waals surface area contributed by atoms with Gasteiger partial charge in [-0.2, -0.15) is 5.26 Å². The molecule has 4 heteroatoms. The van der Waals surface area contributed by atoms with E-state index in [1.54, 1.807) is 12.4 Å². The van der Waals surface area contributed by atoms with Crippen molar-refractivity contribution >= 4 is 12.2 Å². The summed E-state index contributed by atoms with van der Waals surface area (Å²) in [6, 6.07) is 7.78. The van der Waals surface area contributed by atoms with Crippen LogP contribution < -0.4 is 0 Å². The summed E-state index contributed by atoms with van der Waals surface area (Å²) in [4.78, 5) is 6.93. The van der Waals surface area contributed by atoms with Crippen LogP contribution in [-0.2, 0) is 0 Å². The molecule has 0 saturated carbocycles. The topological polar surface area (TPSA) is 52.5 Å². The van der Waals surface area contributed by atoms with E-state index in [1.165, 1.54) is 0 Å². The van der Waals surface area contributed by atoms with Crippen molar-refractivity contribution in [2.45, 2.75) is 6.92 Å². The summed E-state index contributed by atoms with van der Waals surface area (Å²) < 4.78 is 0.481. The summed E-state index contributed by atoms with van der Waals surface area (Å²) in [6.45, 7) is 1.92. The second kappa shape index (κ2) is 4.25. The molecule has 0 saturated heterocycles. The van der Waals surface area contributed by atoms with Crippen molar-refractivity contribution in [3.8, 4) is 17.2 Å². The standard InChI is InChI=1S/C12H9N3S/c1-8-6-10(9-2-4-14-5-3-9)11(7-13)12(16)15-8/h2-6H,1H3,(H,15,16). The van der Waals surface area contributed by atoms with Crippen LogP contribution in [0.4, 0.5) is 0 Å². The van der Waals surface area contributed by atoms with Gasteiger partial charge in [-0.05, 0) is 30.7 Å². The number of aryl methyl sites for hydroxylation is 1. The first-order chi connectivity index (χ1) is 7.72. The van der Waals surface area contributed by atoms with Gasteiger partial charge in [-0.15, -0.1) is 0 Å². The lowest BCUT2D eigenvalue weighted by Gasteiger charge is -2.05. The smallest absolute Gasteiger partial charge is 0.122 e. The Labute approximate surface area is 98.4 Å². The summed E-state index contributed by atoms with van der Waals surface area (Å²) in [5.74, 6) is 0. The molecule has 0 aliphatic carbocycles. The molecule has 0 atom stereocenters. The fourth-order valence-corrected chi connectivity index (χ4v) is 1.88. The van der Waals surface area contributed by atoms with Gasteiger partial charge in [0.25, 0.3) is 0 Å². The van der Waals surface area contributed by atoms with Crippen LogP contribution in [0.25, 0.3) is 11.1 Å². The predicted octanol–water partition coefficient (Wildman–Crippen LogP) is 2.99. The number of H-pyrrole nitrogens is 1. The average molecular weight is 227 g/mol. The molecular formula is C12H9N3S. The van der Waals surface area contributed by atoms with Crippen molar-refractivity contribution < 1.29 is 0 Å². The van der Waals surface area contributed by atoms with E-state index in [4.69, 9.17) is 17.5 Å². The molecule has 0 fully saturated rings. The Hall–Kier alpha value is -1.99. The molecule has 0 aromatic carbocycles. The lowest BCUT2D eigenvalue weighted by atomic mass is 10.0. The average Bonchev–Trinajstić information content (AvgIpc) is 2.29. The number of aromatic amines is 1. The van der Waals surface area contributed by atoms with E-state index >= 15 is 0 Å². The summed E-state index contributed by atoms with van der Waals surface area (Å²) in [5, 5.41) is 9.10. The van der Waals surface area contributed by atoms with Crippen LogP contribution in [0.15, 0.2) is 30.6 Å². The third kappa shape index (κ3) is 1.86. The van der Waals surface area contributed by atoms with Gasteiger partial charge >= 0.3 is 0 Å². The largest absolute Gasteiger partial charge is 0.349 e. The summed E-state index contributed by atoms with van der Waals surface area (Å²) in [7, 11) is 0. The Kier molecular flexibility index (Phi) is 2.80. The Morgan fingerprint density at radius 2 is 2.06 bits per heavy atom. The quantitative estimate of drug-likeness (QED) is 0.762. The Balaban J connectivity index is 2.75. The summed E-state index contributed by atoms with van der Waals surface area (Å²) >= 11 is 5.13. The zero-order valence-electron chi connectivity index (χ0n) is 8.69. The number of pyridine rings is 2. The molecule has 3 nitrogen and oxygen atoms in total. The molecule has 2 aromatic heterocycles. The molecule has 2 heterocycles. The van der Waals surface area contributed by atoms with Gasteiger partial charge < -0.3 is 4.98 Å². The molecular weight excluding hydrogens is 218 g/mol. The number of hydrogen-bond donors (Lipinski definition) is 1. The van der Waals surface area contributed by atoms with E-state index in [9.17, 15) is 0 Å². The molecule has 16 heavy (non-hydrogen) atoms. The highest BCUT2D eigenvalue weighted by Gasteiger charge is 2.07. The molecule has 0 spiro atoms. The van der Waals surface area contributed by atoms with Crippen LogP contribution in [0.5, 0.6) is 0 Å². The highest BCUT2D eigenvalue weighted by Crippen LogP contribution is 2.23. The van der Waals surface area contributed by atoms with Crippen molar-refractivity contribution in [3.05, 3.63) is 46.5 Å². The summed E-state index contributed by atoms with van der Waals surface area (Å²) in [6.07, 6.45) is 3.40. The number of hydrogen-bond acceptors (Lipinski definition) is 3. The first-order valence-corrected chi connectivity index (χ1v) is 5.17. The Morgan fingerprint density at radius 3 is 2.69 bits per heavy atom. The van der Waals surface area contributed by atoms with Crippen molar-refractivity contribution in [1.29, 1.82) is 5.26 Å². The van der Waals surface area contributed by atoms with E-state index in [2.05, 4.69) is 16.0 Å². The van der Waals surface area contributed by atoms with Gasteiger partial charge in [0, 0.05) is 23.7 Å². The van der Waals surface area contributed by atoms with Crippen LogP contribution >= 0.6 is 12.2 Å². The minimum absolute atomic E-state index is 0.481.